The Balaban J connectivity index is 1.19. The van der Waals surface area contributed by atoms with Crippen molar-refractivity contribution in [1.29, 1.82) is 0 Å². The first-order valence-electron chi connectivity index (χ1n) is 15.6. The first-order valence-corrected chi connectivity index (χ1v) is 16.0. The molecule has 0 unspecified atom stereocenters. The summed E-state index contributed by atoms with van der Waals surface area (Å²) in [6, 6.07) is 19.9. The van der Waals surface area contributed by atoms with E-state index in [9.17, 15) is 14.4 Å². The zero-order valence-electron chi connectivity index (χ0n) is 26.3. The number of halogens is 1. The summed E-state index contributed by atoms with van der Waals surface area (Å²) in [5.74, 6) is 1.07. The van der Waals surface area contributed by atoms with Gasteiger partial charge in [0.15, 0.2) is 0 Å². The summed E-state index contributed by atoms with van der Waals surface area (Å²) in [4.78, 5) is 42.6. The van der Waals surface area contributed by atoms with E-state index in [4.69, 9.17) is 25.8 Å². The fraction of sp³-hybridized carbons (Fsp3) is 0.400. The molecule has 1 atom stereocenters. The Hall–Kier alpha value is -4.12. The molecule has 0 bridgehead atoms. The van der Waals surface area contributed by atoms with E-state index in [1.165, 1.54) is 0 Å². The van der Waals surface area contributed by atoms with Crippen molar-refractivity contribution in [2.24, 2.45) is 0 Å². The summed E-state index contributed by atoms with van der Waals surface area (Å²) >= 11 is 6.55. The van der Waals surface area contributed by atoms with Gasteiger partial charge < -0.3 is 29.7 Å². The molecule has 5 rings (SSSR count). The van der Waals surface area contributed by atoms with E-state index in [-0.39, 0.29) is 36.7 Å². The molecule has 1 aliphatic heterocycles. The molecule has 11 heteroatoms. The lowest BCUT2D eigenvalue weighted by Gasteiger charge is -2.38. The van der Waals surface area contributed by atoms with Crippen LogP contribution in [0.25, 0.3) is 0 Å². The molecule has 3 amide bonds. The topological polar surface area (TPSA) is 109 Å². The maximum atomic E-state index is 14.1. The highest BCUT2D eigenvalue weighted by Gasteiger charge is 2.41. The van der Waals surface area contributed by atoms with Crippen LogP contribution in [-0.2, 0) is 38.7 Å². The quantitative estimate of drug-likeness (QED) is 0.239. The number of anilines is 1. The van der Waals surface area contributed by atoms with Crippen molar-refractivity contribution in [1.82, 2.24) is 15.5 Å². The second-order valence-corrected chi connectivity index (χ2v) is 11.9. The number of amides is 3. The molecule has 10 nitrogen and oxygen atoms in total. The summed E-state index contributed by atoms with van der Waals surface area (Å²) in [5, 5.41) is 6.28. The van der Waals surface area contributed by atoms with Crippen molar-refractivity contribution < 1.29 is 28.6 Å². The number of carbonyl (C=O) groups excluding carboxylic acids is 3. The smallest absolute Gasteiger partial charge is 0.247 e. The molecule has 0 radical (unpaired) electrons. The van der Waals surface area contributed by atoms with Gasteiger partial charge in [0.2, 0.25) is 17.7 Å². The monoisotopic (exact) mass is 648 g/mol. The predicted molar refractivity (Wildman–Crippen MR) is 176 cm³/mol. The third-order valence-corrected chi connectivity index (χ3v) is 8.48. The average Bonchev–Trinajstić information content (AvgIpc) is 3.92. The van der Waals surface area contributed by atoms with Crippen molar-refractivity contribution in [2.45, 2.75) is 50.9 Å². The number of ether oxygens (including phenoxy) is 3. The fourth-order valence-electron chi connectivity index (χ4n) is 5.53. The number of hydrogen-bond donors (Lipinski definition) is 2. The molecule has 3 aromatic carbocycles. The maximum absolute atomic E-state index is 14.1. The zero-order chi connectivity index (χ0) is 32.5. The highest BCUT2D eigenvalue weighted by atomic mass is 35.5. The van der Waals surface area contributed by atoms with Gasteiger partial charge in [-0.25, -0.2) is 0 Å². The van der Waals surface area contributed by atoms with Crippen molar-refractivity contribution in [3.8, 4) is 11.5 Å². The number of nitrogens with one attached hydrogen (secondary N) is 2. The lowest BCUT2D eigenvalue weighted by molar-refractivity contribution is -0.136. The van der Waals surface area contributed by atoms with Crippen LogP contribution in [0.1, 0.15) is 36.0 Å². The molecule has 2 N–H and O–H groups in total. The predicted octanol–water partition coefficient (Wildman–Crippen LogP) is 4.12. The van der Waals surface area contributed by atoms with Crippen LogP contribution in [0.4, 0.5) is 5.69 Å². The molecule has 3 aromatic rings. The maximum Gasteiger partial charge on any atom is 0.247 e. The summed E-state index contributed by atoms with van der Waals surface area (Å²) in [7, 11) is 3.24. The lowest BCUT2D eigenvalue weighted by Crippen LogP contribution is -2.61. The molecule has 1 aliphatic carbocycles. The number of para-hydroxylation sites is 1. The van der Waals surface area contributed by atoms with E-state index < -0.39 is 6.04 Å². The number of methoxy groups -OCH3 is 1. The van der Waals surface area contributed by atoms with Gasteiger partial charge >= 0.3 is 0 Å². The van der Waals surface area contributed by atoms with E-state index in [0.29, 0.717) is 55.8 Å². The minimum atomic E-state index is -0.707. The number of rotatable bonds is 15. The molecule has 0 spiro atoms. The molecular formula is C35H41ClN4O6. The van der Waals surface area contributed by atoms with Gasteiger partial charge in [0.25, 0.3) is 0 Å². The number of likely N-dealkylation sites (N-methyl/N-ethyl adjacent to an activating group) is 1. The molecule has 0 aromatic heterocycles. The van der Waals surface area contributed by atoms with Gasteiger partial charge in [0, 0.05) is 48.9 Å². The van der Waals surface area contributed by atoms with Gasteiger partial charge in [-0.3, -0.25) is 19.3 Å². The minimum absolute atomic E-state index is 0.0829. The molecule has 2 aliphatic rings. The van der Waals surface area contributed by atoms with Crippen molar-refractivity contribution in [3.05, 3.63) is 88.4 Å². The number of hydrogen-bond acceptors (Lipinski definition) is 7. The Morgan fingerprint density at radius 3 is 2.57 bits per heavy atom. The van der Waals surface area contributed by atoms with Crippen LogP contribution < -0.4 is 25.0 Å². The van der Waals surface area contributed by atoms with Gasteiger partial charge in [-0.1, -0.05) is 41.9 Å². The lowest BCUT2D eigenvalue weighted by atomic mass is 10.1. The average molecular weight is 649 g/mol. The minimum Gasteiger partial charge on any atom is -0.496 e. The number of benzene rings is 3. The van der Waals surface area contributed by atoms with Crippen LogP contribution in [0.15, 0.2) is 66.7 Å². The Morgan fingerprint density at radius 2 is 1.83 bits per heavy atom. The van der Waals surface area contributed by atoms with E-state index in [1.807, 2.05) is 65.6 Å². The van der Waals surface area contributed by atoms with Gasteiger partial charge in [-0.05, 0) is 60.4 Å². The molecule has 244 valence electrons. The first-order chi connectivity index (χ1) is 22.4. The SMILES string of the molecule is CNC(=O)Cc1ccc(Cl)c(CN(C(=O)[C@H]2CNCC(=O)N2c2ccc(OCCCOCc3ccccc3OC)cc2)C2CC2)c1. The zero-order valence-corrected chi connectivity index (χ0v) is 27.1. The normalized spacial score (nSPS) is 16.2. The van der Waals surface area contributed by atoms with Crippen LogP contribution in [0.5, 0.6) is 11.5 Å². The standard InChI is InChI=1S/C35H41ClN4O6/c1-37-33(41)19-24-8-15-30(36)26(18-24)22-39(27-9-10-27)35(43)31-20-38-21-34(42)40(31)28-11-13-29(14-12-28)46-17-5-16-45-23-25-6-3-4-7-32(25)44-2/h3-4,6-8,11-15,18,27,31,38H,5,9-10,16-17,19-23H2,1-2H3,(H,37,41)/t31-/m1/s1. The van der Waals surface area contributed by atoms with E-state index >= 15 is 0 Å². The molecule has 46 heavy (non-hydrogen) atoms. The number of piperazine rings is 1. The van der Waals surface area contributed by atoms with Gasteiger partial charge in [-0.15, -0.1) is 0 Å². The Morgan fingerprint density at radius 1 is 1.04 bits per heavy atom. The third kappa shape index (κ3) is 8.57. The fourth-order valence-corrected chi connectivity index (χ4v) is 5.70. The highest BCUT2D eigenvalue weighted by molar-refractivity contribution is 6.31. The van der Waals surface area contributed by atoms with Crippen molar-refractivity contribution in [3.63, 3.8) is 0 Å². The summed E-state index contributed by atoms with van der Waals surface area (Å²) in [5.41, 5.74) is 3.23. The van der Waals surface area contributed by atoms with Gasteiger partial charge in [0.1, 0.15) is 17.5 Å². The highest BCUT2D eigenvalue weighted by Crippen LogP contribution is 2.33. The van der Waals surface area contributed by atoms with Crippen molar-refractivity contribution >= 4 is 35.0 Å². The van der Waals surface area contributed by atoms with Crippen LogP contribution >= 0.6 is 11.6 Å². The van der Waals surface area contributed by atoms with E-state index in [0.717, 1.165) is 35.3 Å². The van der Waals surface area contributed by atoms with E-state index in [2.05, 4.69) is 10.6 Å². The van der Waals surface area contributed by atoms with Crippen LogP contribution in [0.3, 0.4) is 0 Å². The molecule has 2 fully saturated rings. The van der Waals surface area contributed by atoms with E-state index in [1.54, 1.807) is 25.1 Å². The number of carbonyl (C=O) groups is 3. The van der Waals surface area contributed by atoms with Gasteiger partial charge in [-0.2, -0.15) is 0 Å². The van der Waals surface area contributed by atoms with Crippen LogP contribution in [-0.4, -0.2) is 75.2 Å². The summed E-state index contributed by atoms with van der Waals surface area (Å²) < 4.78 is 17.1. The molecular weight excluding hydrogens is 608 g/mol. The summed E-state index contributed by atoms with van der Waals surface area (Å²) in [6.07, 6.45) is 2.73. The summed E-state index contributed by atoms with van der Waals surface area (Å²) in [6.45, 7) is 2.27. The second-order valence-electron chi connectivity index (χ2n) is 11.4. The molecule has 1 heterocycles. The Kier molecular flexibility index (Phi) is 11.5. The third-order valence-electron chi connectivity index (χ3n) is 8.11. The van der Waals surface area contributed by atoms with Crippen molar-refractivity contribution in [2.75, 3.05) is 45.4 Å². The van der Waals surface area contributed by atoms with Crippen LogP contribution in [0.2, 0.25) is 5.02 Å². The molecule has 1 saturated carbocycles. The molecule has 1 saturated heterocycles. The van der Waals surface area contributed by atoms with Gasteiger partial charge in [0.05, 0.1) is 39.9 Å². The first kappa shape index (κ1) is 33.2. The number of nitrogens with zero attached hydrogens (tertiary/aromatic N) is 2. The Labute approximate surface area is 274 Å². The second kappa shape index (κ2) is 15.9. The van der Waals surface area contributed by atoms with Crippen LogP contribution in [0, 0.1) is 0 Å². The Bertz CT molecular complexity index is 1510. The largest absolute Gasteiger partial charge is 0.496 e.